The summed E-state index contributed by atoms with van der Waals surface area (Å²) >= 11 is 0. The molecule has 3 aliphatic rings. The van der Waals surface area contributed by atoms with Crippen molar-refractivity contribution >= 4 is 33.3 Å². The van der Waals surface area contributed by atoms with Crippen LogP contribution in [0, 0.1) is 17.8 Å². The van der Waals surface area contributed by atoms with Crippen molar-refractivity contribution in [1.29, 1.82) is 0 Å². The molecule has 3 heterocycles. The molecule has 140 valence electrons. The van der Waals surface area contributed by atoms with Gasteiger partial charge in [0.05, 0.1) is 23.3 Å². The van der Waals surface area contributed by atoms with Gasteiger partial charge in [0.25, 0.3) is 0 Å². The number of anilines is 2. The van der Waals surface area contributed by atoms with Crippen LogP contribution in [0.4, 0.5) is 11.5 Å². The van der Waals surface area contributed by atoms with Gasteiger partial charge in [-0.1, -0.05) is 6.07 Å². The fraction of sp³-hybridized carbons (Fsp3) is 0.364. The van der Waals surface area contributed by atoms with Crippen LogP contribution in [0.5, 0.6) is 0 Å². The number of H-pyrrole nitrogens is 2. The summed E-state index contributed by atoms with van der Waals surface area (Å²) in [5.74, 6) is 3.40. The van der Waals surface area contributed by atoms with Crippen molar-refractivity contribution in [2.24, 2.45) is 17.8 Å². The number of nitrogen functional groups attached to an aromatic ring is 1. The van der Waals surface area contributed by atoms with Gasteiger partial charge < -0.3 is 11.1 Å². The van der Waals surface area contributed by atoms with Crippen LogP contribution in [0.3, 0.4) is 0 Å². The number of rotatable bonds is 1. The number of nitrogens with two attached hydrogens (primary N) is 1. The highest BCUT2D eigenvalue weighted by Crippen LogP contribution is 2.64. The fourth-order valence-electron chi connectivity index (χ4n) is 6.58. The molecule has 6 heteroatoms. The lowest BCUT2D eigenvalue weighted by molar-refractivity contribution is 0.249. The van der Waals surface area contributed by atoms with Crippen molar-refractivity contribution in [2.45, 2.75) is 31.2 Å². The first kappa shape index (κ1) is 15.0. The molecule has 1 unspecified atom stereocenters. The van der Waals surface area contributed by atoms with E-state index in [4.69, 9.17) is 5.73 Å². The van der Waals surface area contributed by atoms with Gasteiger partial charge in [0.2, 0.25) is 0 Å². The van der Waals surface area contributed by atoms with Crippen molar-refractivity contribution < 1.29 is 0 Å². The first-order valence-electron chi connectivity index (χ1n) is 10.2. The van der Waals surface area contributed by atoms with Crippen LogP contribution >= 0.6 is 0 Å². The number of fused-ring (bicyclic) bond motifs is 10. The molecule has 0 spiro atoms. The molecule has 2 bridgehead atoms. The van der Waals surface area contributed by atoms with Crippen LogP contribution in [0.25, 0.3) is 21.8 Å². The van der Waals surface area contributed by atoms with Crippen LogP contribution in [0.2, 0.25) is 0 Å². The zero-order chi connectivity index (χ0) is 18.4. The zero-order valence-electron chi connectivity index (χ0n) is 15.4. The van der Waals surface area contributed by atoms with E-state index in [1.165, 1.54) is 41.5 Å². The lowest BCUT2D eigenvalue weighted by Gasteiger charge is -2.43. The molecule has 0 amide bonds. The molecule has 2 aromatic heterocycles. The Bertz CT molecular complexity index is 1240. The van der Waals surface area contributed by atoms with Gasteiger partial charge in [0.15, 0.2) is 5.82 Å². The number of nitrogens with one attached hydrogen (secondary N) is 3. The van der Waals surface area contributed by atoms with E-state index in [0.29, 0.717) is 23.7 Å². The van der Waals surface area contributed by atoms with Crippen LogP contribution in [-0.2, 0) is 0 Å². The Hall–Kier alpha value is -3.02. The third-order valence-corrected chi connectivity index (χ3v) is 7.65. The van der Waals surface area contributed by atoms with E-state index in [1.54, 1.807) is 0 Å². The van der Waals surface area contributed by atoms with Gasteiger partial charge in [-0.2, -0.15) is 10.2 Å². The molecule has 7 rings (SSSR count). The average molecular weight is 370 g/mol. The maximum absolute atomic E-state index is 6.10. The minimum absolute atomic E-state index is 0.316. The molecule has 1 aliphatic heterocycles. The first-order valence-corrected chi connectivity index (χ1v) is 10.2. The highest BCUT2D eigenvalue weighted by molar-refractivity contribution is 5.90. The van der Waals surface area contributed by atoms with E-state index >= 15 is 0 Å². The molecule has 0 radical (unpaired) electrons. The molecular formula is C22H22N6. The lowest BCUT2D eigenvalue weighted by Crippen LogP contribution is -2.35. The predicted octanol–water partition coefficient (Wildman–Crippen LogP) is 4.32. The Morgan fingerprint density at radius 1 is 0.964 bits per heavy atom. The quantitative estimate of drug-likeness (QED) is 0.401. The summed E-state index contributed by atoms with van der Waals surface area (Å²) in [6.07, 6.45) is 6.09. The molecule has 5 N–H and O–H groups in total. The Morgan fingerprint density at radius 2 is 1.82 bits per heavy atom. The third-order valence-electron chi connectivity index (χ3n) is 7.65. The minimum Gasteiger partial charge on any atom is -0.382 e. The van der Waals surface area contributed by atoms with Gasteiger partial charge in [-0.3, -0.25) is 10.2 Å². The summed E-state index contributed by atoms with van der Waals surface area (Å²) in [5, 5.41) is 20.9. The number of nitrogens with zero attached hydrogens (tertiary/aromatic N) is 2. The molecule has 2 aromatic carbocycles. The maximum Gasteiger partial charge on any atom is 0.153 e. The Morgan fingerprint density at radius 3 is 2.79 bits per heavy atom. The zero-order valence-corrected chi connectivity index (χ0v) is 15.4. The maximum atomic E-state index is 6.10. The molecule has 28 heavy (non-hydrogen) atoms. The standard InChI is InChI=1S/C22H22N6/c23-22-13-8-12(3-4-15(13)27-28-22)21-19-11-2-1-10(7-11)18(19)20-14-9-24-26-16(14)5-6-17(20)25-21/h3-6,8-11,18-19,21,25H,1-2,7H2,(H,24,26)(H3,23,27,28)/t10?,11-,18-,19+,21-/m0/s1. The second-order valence-corrected chi connectivity index (χ2v) is 8.83. The van der Waals surface area contributed by atoms with Gasteiger partial charge in [0.1, 0.15) is 0 Å². The van der Waals surface area contributed by atoms with Crippen LogP contribution in [0.1, 0.15) is 42.3 Å². The third kappa shape index (κ3) is 1.78. The number of benzene rings is 2. The normalized spacial score (nSPS) is 30.5. The Balaban J connectivity index is 1.44. The lowest BCUT2D eigenvalue weighted by atomic mass is 9.67. The highest BCUT2D eigenvalue weighted by Gasteiger charge is 2.54. The van der Waals surface area contributed by atoms with Crippen molar-refractivity contribution in [3.05, 3.63) is 47.7 Å². The van der Waals surface area contributed by atoms with Gasteiger partial charge in [-0.05, 0) is 78.3 Å². The summed E-state index contributed by atoms with van der Waals surface area (Å²) in [5.41, 5.74) is 12.3. The number of hydrogen-bond donors (Lipinski definition) is 4. The summed E-state index contributed by atoms with van der Waals surface area (Å²) in [6.45, 7) is 0. The van der Waals surface area contributed by atoms with E-state index < -0.39 is 0 Å². The van der Waals surface area contributed by atoms with Crippen molar-refractivity contribution in [2.75, 3.05) is 11.1 Å². The summed E-state index contributed by atoms with van der Waals surface area (Å²) in [7, 11) is 0. The number of hydrogen-bond acceptors (Lipinski definition) is 4. The van der Waals surface area contributed by atoms with Gasteiger partial charge in [-0.25, -0.2) is 0 Å². The summed E-state index contributed by atoms with van der Waals surface area (Å²) in [4.78, 5) is 0. The van der Waals surface area contributed by atoms with Crippen LogP contribution in [-0.4, -0.2) is 20.4 Å². The number of aromatic amines is 2. The predicted molar refractivity (Wildman–Crippen MR) is 110 cm³/mol. The molecule has 2 fully saturated rings. The highest BCUT2D eigenvalue weighted by atomic mass is 15.1. The molecule has 6 nitrogen and oxygen atoms in total. The first-order chi connectivity index (χ1) is 13.8. The Kier molecular flexibility index (Phi) is 2.71. The average Bonchev–Trinajstić information content (AvgIpc) is 3.51. The van der Waals surface area contributed by atoms with Gasteiger partial charge in [-0.15, -0.1) is 0 Å². The summed E-state index contributed by atoms with van der Waals surface area (Å²) in [6, 6.07) is 11.3. The molecule has 0 saturated heterocycles. The SMILES string of the molecule is Nc1n[nH]c2ccc([C@@H]3Nc4ccc5[nH]ncc5c4[C@H]4C5CC[C@@H](C5)[C@@H]34)cc12. The van der Waals surface area contributed by atoms with E-state index in [1.807, 2.05) is 6.20 Å². The summed E-state index contributed by atoms with van der Waals surface area (Å²) < 4.78 is 0. The molecule has 4 aromatic rings. The second kappa shape index (κ2) is 5.07. The van der Waals surface area contributed by atoms with E-state index in [-0.39, 0.29) is 0 Å². The monoisotopic (exact) mass is 370 g/mol. The van der Waals surface area contributed by atoms with Gasteiger partial charge >= 0.3 is 0 Å². The Labute approximate surface area is 161 Å². The van der Waals surface area contributed by atoms with E-state index in [9.17, 15) is 0 Å². The molecule has 2 saturated carbocycles. The smallest absolute Gasteiger partial charge is 0.153 e. The number of aromatic nitrogens is 4. The van der Waals surface area contributed by atoms with Gasteiger partial charge in [0, 0.05) is 16.5 Å². The minimum atomic E-state index is 0.316. The van der Waals surface area contributed by atoms with Crippen LogP contribution < -0.4 is 11.1 Å². The van der Waals surface area contributed by atoms with Crippen LogP contribution in [0.15, 0.2) is 36.5 Å². The fourth-order valence-corrected chi connectivity index (χ4v) is 6.58. The second-order valence-electron chi connectivity index (χ2n) is 8.83. The molecule has 2 aliphatic carbocycles. The van der Waals surface area contributed by atoms with Crippen molar-refractivity contribution in [3.8, 4) is 0 Å². The van der Waals surface area contributed by atoms with E-state index in [2.05, 4.69) is 56.0 Å². The van der Waals surface area contributed by atoms with Crippen molar-refractivity contribution in [3.63, 3.8) is 0 Å². The molecular weight excluding hydrogens is 348 g/mol. The topological polar surface area (TPSA) is 95.4 Å². The largest absolute Gasteiger partial charge is 0.382 e. The molecule has 5 atom stereocenters. The van der Waals surface area contributed by atoms with E-state index in [0.717, 1.165) is 28.3 Å². The van der Waals surface area contributed by atoms with Crippen molar-refractivity contribution in [1.82, 2.24) is 20.4 Å².